The second kappa shape index (κ2) is 8.71. The fourth-order valence-corrected chi connectivity index (χ4v) is 2.21. The lowest BCUT2D eigenvalue weighted by atomic mass is 10.0. The second-order valence-corrected chi connectivity index (χ2v) is 6.23. The Morgan fingerprint density at radius 1 is 1.44 bits per heavy atom. The Hall–Kier alpha value is -2.28. The summed E-state index contributed by atoms with van der Waals surface area (Å²) in [5, 5.41) is 16.3. The molecule has 0 saturated carbocycles. The number of aromatic nitrogens is 2. The van der Waals surface area contributed by atoms with E-state index in [9.17, 15) is 14.3 Å². The van der Waals surface area contributed by atoms with Gasteiger partial charge < -0.3 is 14.9 Å². The minimum absolute atomic E-state index is 0.133. The topological polar surface area (TPSA) is 88.2 Å². The molecule has 0 saturated heterocycles. The molecule has 0 aliphatic heterocycles. The summed E-state index contributed by atoms with van der Waals surface area (Å²) in [6.07, 6.45) is 0.755. The van der Waals surface area contributed by atoms with Gasteiger partial charge in [0.15, 0.2) is 0 Å². The normalized spacial score (nSPS) is 13.5. The quantitative estimate of drug-likeness (QED) is 0.765. The minimum atomic E-state index is -0.555. The summed E-state index contributed by atoms with van der Waals surface area (Å²) in [5.74, 6) is 0.218. The monoisotopic (exact) mass is 349 g/mol. The Balaban J connectivity index is 1.85. The van der Waals surface area contributed by atoms with Gasteiger partial charge in [0.2, 0.25) is 17.6 Å². The van der Waals surface area contributed by atoms with Crippen molar-refractivity contribution in [2.75, 3.05) is 6.54 Å². The van der Waals surface area contributed by atoms with Crippen molar-refractivity contribution < 1.29 is 18.8 Å². The highest BCUT2D eigenvalue weighted by molar-refractivity contribution is 5.76. The van der Waals surface area contributed by atoms with E-state index in [4.69, 9.17) is 4.52 Å². The van der Waals surface area contributed by atoms with Crippen LogP contribution in [-0.4, -0.2) is 33.8 Å². The van der Waals surface area contributed by atoms with Crippen LogP contribution in [0.25, 0.3) is 11.4 Å². The fourth-order valence-electron chi connectivity index (χ4n) is 2.21. The first-order chi connectivity index (χ1) is 11.9. The van der Waals surface area contributed by atoms with Crippen LogP contribution in [0.5, 0.6) is 0 Å². The van der Waals surface area contributed by atoms with Gasteiger partial charge in [-0.15, -0.1) is 0 Å². The first-order valence-corrected chi connectivity index (χ1v) is 8.44. The smallest absolute Gasteiger partial charge is 0.227 e. The number of aliphatic hydroxyl groups is 1. The number of halogens is 1. The van der Waals surface area contributed by atoms with E-state index in [-0.39, 0.29) is 37.0 Å². The Labute approximate surface area is 146 Å². The summed E-state index contributed by atoms with van der Waals surface area (Å²) in [7, 11) is 0. The molecule has 0 radical (unpaired) electrons. The van der Waals surface area contributed by atoms with E-state index >= 15 is 0 Å². The molecule has 0 spiro atoms. The van der Waals surface area contributed by atoms with Gasteiger partial charge in [0, 0.05) is 24.9 Å². The highest BCUT2D eigenvalue weighted by Gasteiger charge is 2.15. The van der Waals surface area contributed by atoms with Gasteiger partial charge in [-0.3, -0.25) is 4.79 Å². The molecule has 25 heavy (non-hydrogen) atoms. The molecule has 6 nitrogen and oxygen atoms in total. The molecule has 2 N–H and O–H groups in total. The van der Waals surface area contributed by atoms with E-state index in [0.717, 1.165) is 6.42 Å². The zero-order valence-electron chi connectivity index (χ0n) is 14.8. The molecule has 0 bridgehead atoms. The first kappa shape index (κ1) is 19.1. The van der Waals surface area contributed by atoms with E-state index in [1.807, 2.05) is 13.8 Å². The average molecular weight is 349 g/mol. The van der Waals surface area contributed by atoms with Gasteiger partial charge >= 0.3 is 0 Å². The molecule has 0 aliphatic carbocycles. The zero-order chi connectivity index (χ0) is 18.4. The van der Waals surface area contributed by atoms with Crippen LogP contribution in [0.1, 0.15) is 38.1 Å². The van der Waals surface area contributed by atoms with Crippen molar-refractivity contribution >= 4 is 5.91 Å². The van der Waals surface area contributed by atoms with E-state index in [0.29, 0.717) is 22.8 Å². The molecule has 136 valence electrons. The summed E-state index contributed by atoms with van der Waals surface area (Å²) >= 11 is 0. The Bertz CT molecular complexity index is 717. The van der Waals surface area contributed by atoms with E-state index in [1.165, 1.54) is 6.07 Å². The highest BCUT2D eigenvalue weighted by Crippen LogP contribution is 2.19. The number of carbonyl (C=O) groups is 1. The number of nitrogens with zero attached hydrogens (tertiary/aromatic N) is 2. The van der Waals surface area contributed by atoms with Crippen molar-refractivity contribution in [2.45, 2.75) is 46.1 Å². The maximum absolute atomic E-state index is 13.6. The van der Waals surface area contributed by atoms with Gasteiger partial charge in [0.05, 0.1) is 6.10 Å². The predicted octanol–water partition coefficient (Wildman–Crippen LogP) is 2.64. The van der Waals surface area contributed by atoms with Crippen molar-refractivity contribution in [3.8, 4) is 11.4 Å². The molecule has 7 heteroatoms. The lowest BCUT2D eigenvalue weighted by molar-refractivity contribution is -0.121. The molecule has 1 amide bonds. The molecule has 0 fully saturated rings. The van der Waals surface area contributed by atoms with Crippen LogP contribution in [0.4, 0.5) is 4.39 Å². The van der Waals surface area contributed by atoms with Gasteiger partial charge in [-0.1, -0.05) is 37.6 Å². The van der Waals surface area contributed by atoms with Crippen molar-refractivity contribution in [1.29, 1.82) is 0 Å². The lowest BCUT2D eigenvalue weighted by Crippen LogP contribution is -2.35. The molecule has 2 atom stereocenters. The number of aliphatic hydroxyl groups excluding tert-OH is 1. The highest BCUT2D eigenvalue weighted by atomic mass is 19.1. The van der Waals surface area contributed by atoms with Crippen molar-refractivity contribution in [2.24, 2.45) is 5.92 Å². The third-order valence-corrected chi connectivity index (χ3v) is 4.27. The Morgan fingerprint density at radius 2 is 2.20 bits per heavy atom. The second-order valence-electron chi connectivity index (χ2n) is 6.23. The summed E-state index contributed by atoms with van der Waals surface area (Å²) in [5.41, 5.74) is 1.07. The van der Waals surface area contributed by atoms with Gasteiger partial charge in [-0.05, 0) is 24.5 Å². The van der Waals surface area contributed by atoms with Crippen LogP contribution in [0, 0.1) is 18.7 Å². The average Bonchev–Trinajstić information content (AvgIpc) is 3.08. The van der Waals surface area contributed by atoms with Crippen LogP contribution < -0.4 is 5.32 Å². The Morgan fingerprint density at radius 3 is 2.88 bits per heavy atom. The molecular weight excluding hydrogens is 325 g/mol. The lowest BCUT2D eigenvalue weighted by Gasteiger charge is -2.17. The van der Waals surface area contributed by atoms with Gasteiger partial charge in [-0.25, -0.2) is 4.39 Å². The summed E-state index contributed by atoms with van der Waals surface area (Å²) < 4.78 is 18.7. The van der Waals surface area contributed by atoms with Crippen molar-refractivity contribution in [3.05, 3.63) is 35.5 Å². The minimum Gasteiger partial charge on any atom is -0.391 e. The van der Waals surface area contributed by atoms with E-state index < -0.39 is 6.10 Å². The third kappa shape index (κ3) is 5.35. The molecule has 2 aromatic rings. The van der Waals surface area contributed by atoms with Crippen molar-refractivity contribution in [3.63, 3.8) is 0 Å². The molecule has 1 aromatic heterocycles. The molecule has 2 unspecified atom stereocenters. The molecule has 2 rings (SSSR count). The number of hydrogen-bond acceptors (Lipinski definition) is 5. The zero-order valence-corrected chi connectivity index (χ0v) is 14.8. The Kier molecular flexibility index (Phi) is 6.64. The van der Waals surface area contributed by atoms with Gasteiger partial charge in [0.25, 0.3) is 0 Å². The van der Waals surface area contributed by atoms with Crippen LogP contribution in [-0.2, 0) is 11.2 Å². The molecular formula is C18H24FN3O3. The van der Waals surface area contributed by atoms with Gasteiger partial charge in [-0.2, -0.15) is 4.98 Å². The number of carbonyl (C=O) groups excluding carboxylic acids is 1. The predicted molar refractivity (Wildman–Crippen MR) is 91.2 cm³/mol. The number of rotatable bonds is 8. The number of benzene rings is 1. The van der Waals surface area contributed by atoms with Crippen LogP contribution in [0.3, 0.4) is 0 Å². The standard InChI is InChI=1S/C18H24FN3O3/c1-4-11(2)15(23)10-20-16(24)7-8-17-21-18(22-25-17)13-6-5-12(3)14(19)9-13/h5-6,9,11,15,23H,4,7-8,10H2,1-3H3,(H,20,24). The first-order valence-electron chi connectivity index (χ1n) is 8.44. The van der Waals surface area contributed by atoms with Crippen molar-refractivity contribution in [1.82, 2.24) is 15.5 Å². The number of nitrogens with one attached hydrogen (secondary N) is 1. The largest absolute Gasteiger partial charge is 0.391 e. The van der Waals surface area contributed by atoms with E-state index in [1.54, 1.807) is 19.1 Å². The maximum atomic E-state index is 13.6. The summed E-state index contributed by atoms with van der Waals surface area (Å²) in [6, 6.07) is 4.72. The van der Waals surface area contributed by atoms with Crippen LogP contribution in [0.2, 0.25) is 0 Å². The number of aryl methyl sites for hydroxylation is 2. The van der Waals surface area contributed by atoms with Gasteiger partial charge in [0.1, 0.15) is 5.82 Å². The summed E-state index contributed by atoms with van der Waals surface area (Å²) in [6.45, 7) is 5.83. The number of amides is 1. The van der Waals surface area contributed by atoms with Crippen LogP contribution in [0.15, 0.2) is 22.7 Å². The maximum Gasteiger partial charge on any atom is 0.227 e. The third-order valence-electron chi connectivity index (χ3n) is 4.27. The summed E-state index contributed by atoms with van der Waals surface area (Å²) in [4.78, 5) is 16.0. The molecule has 1 heterocycles. The molecule has 1 aromatic carbocycles. The van der Waals surface area contributed by atoms with E-state index in [2.05, 4.69) is 15.5 Å². The molecule has 0 aliphatic rings. The SMILES string of the molecule is CCC(C)C(O)CNC(=O)CCc1nc(-c2ccc(C)c(F)c2)no1. The number of hydrogen-bond donors (Lipinski definition) is 2. The van der Waals surface area contributed by atoms with Crippen LogP contribution >= 0.6 is 0 Å². The fraction of sp³-hybridized carbons (Fsp3) is 0.500.